The lowest BCUT2D eigenvalue weighted by Crippen LogP contribution is -2.30. The molecule has 0 saturated heterocycles. The van der Waals surface area contributed by atoms with Crippen molar-refractivity contribution in [3.63, 3.8) is 0 Å². The quantitative estimate of drug-likeness (QED) is 0.340. The van der Waals surface area contributed by atoms with E-state index in [0.717, 1.165) is 21.9 Å². The van der Waals surface area contributed by atoms with Crippen LogP contribution in [-0.4, -0.2) is 45.4 Å². The Kier molecular flexibility index (Phi) is 7.00. The van der Waals surface area contributed by atoms with Gasteiger partial charge < -0.3 is 19.8 Å². The maximum atomic E-state index is 12.9. The number of fused-ring (bicyclic) bond motifs is 3. The number of nitrogens with zero attached hydrogens (tertiary/aromatic N) is 1. The van der Waals surface area contributed by atoms with Crippen molar-refractivity contribution in [2.24, 2.45) is 0 Å². The molecule has 0 bridgehead atoms. The van der Waals surface area contributed by atoms with Crippen LogP contribution in [0.25, 0.3) is 21.9 Å². The van der Waals surface area contributed by atoms with Crippen molar-refractivity contribution in [2.45, 2.75) is 25.7 Å². The zero-order valence-electron chi connectivity index (χ0n) is 20.2. The summed E-state index contributed by atoms with van der Waals surface area (Å²) in [7, 11) is -2.06. The van der Waals surface area contributed by atoms with E-state index in [2.05, 4.69) is 10.6 Å². The number of hydrogen-bond donors (Lipinski definition) is 2. The highest BCUT2D eigenvalue weighted by Crippen LogP contribution is 2.36. The number of carbonyl (C=O) groups excluding carboxylic acids is 1. The molecule has 0 aliphatic heterocycles. The van der Waals surface area contributed by atoms with E-state index < -0.39 is 10.0 Å². The number of methoxy groups -OCH3 is 1. The molecule has 0 fully saturated rings. The predicted octanol–water partition coefficient (Wildman–Crippen LogP) is 4.98. The fourth-order valence-corrected chi connectivity index (χ4v) is 5.52. The molecule has 4 rings (SSSR count). The summed E-state index contributed by atoms with van der Waals surface area (Å²) in [6, 6.07) is 16.2. The molecule has 0 radical (unpaired) electrons. The monoisotopic (exact) mass is 495 g/mol. The highest BCUT2D eigenvalue weighted by molar-refractivity contribution is 7.89. The van der Waals surface area contributed by atoms with E-state index in [1.54, 1.807) is 33.1 Å². The minimum Gasteiger partial charge on any atom is -0.495 e. The largest absolute Gasteiger partial charge is 0.495 e. The second-order valence-corrected chi connectivity index (χ2v) is 10.1. The third-order valence-electron chi connectivity index (χ3n) is 5.96. The van der Waals surface area contributed by atoms with E-state index in [0.29, 0.717) is 35.8 Å². The normalized spacial score (nSPS) is 11.8. The lowest BCUT2D eigenvalue weighted by molar-refractivity contribution is -0.114. The van der Waals surface area contributed by atoms with Crippen LogP contribution >= 0.6 is 0 Å². The molecule has 184 valence electrons. The van der Waals surface area contributed by atoms with Crippen LogP contribution in [0.1, 0.15) is 19.4 Å². The number of para-hydroxylation sites is 1. The molecule has 9 heteroatoms. The van der Waals surface area contributed by atoms with E-state index >= 15 is 0 Å². The predicted molar refractivity (Wildman–Crippen MR) is 139 cm³/mol. The summed E-state index contributed by atoms with van der Waals surface area (Å²) < 4.78 is 38.6. The van der Waals surface area contributed by atoms with Crippen molar-refractivity contribution in [3.8, 4) is 5.75 Å². The number of ether oxygens (including phenoxy) is 1. The average molecular weight is 496 g/mol. The van der Waals surface area contributed by atoms with Crippen molar-refractivity contribution in [3.05, 3.63) is 60.2 Å². The summed E-state index contributed by atoms with van der Waals surface area (Å²) in [5.41, 5.74) is 3.28. The number of anilines is 2. The van der Waals surface area contributed by atoms with Crippen LogP contribution in [-0.2, 0) is 14.8 Å². The highest BCUT2D eigenvalue weighted by Gasteiger charge is 2.22. The number of carbonyl (C=O) groups is 1. The van der Waals surface area contributed by atoms with Crippen molar-refractivity contribution >= 4 is 49.2 Å². The molecule has 0 spiro atoms. The maximum Gasteiger partial charge on any atom is 0.243 e. The summed E-state index contributed by atoms with van der Waals surface area (Å²) in [6.45, 7) is 6.09. The summed E-state index contributed by atoms with van der Waals surface area (Å²) in [5, 5.41) is 7.82. The number of benzene rings is 3. The molecule has 0 atom stereocenters. The van der Waals surface area contributed by atoms with Crippen LogP contribution in [0.4, 0.5) is 11.4 Å². The Hall–Kier alpha value is -3.56. The zero-order chi connectivity index (χ0) is 25.2. The van der Waals surface area contributed by atoms with Gasteiger partial charge in [-0.2, -0.15) is 4.31 Å². The molecule has 0 unspecified atom stereocenters. The van der Waals surface area contributed by atoms with Gasteiger partial charge in [0.2, 0.25) is 15.9 Å². The molecule has 1 amide bonds. The molecule has 1 aromatic heterocycles. The minimum atomic E-state index is -3.63. The minimum absolute atomic E-state index is 0.0471. The molecule has 2 N–H and O–H groups in total. The van der Waals surface area contributed by atoms with Crippen LogP contribution in [0.3, 0.4) is 0 Å². The van der Waals surface area contributed by atoms with Gasteiger partial charge in [0.25, 0.3) is 0 Å². The number of hydrogen-bond acceptors (Lipinski definition) is 6. The van der Waals surface area contributed by atoms with Gasteiger partial charge in [-0.1, -0.05) is 38.1 Å². The highest BCUT2D eigenvalue weighted by atomic mass is 32.2. The Morgan fingerprint density at radius 2 is 1.71 bits per heavy atom. The van der Waals surface area contributed by atoms with E-state index in [1.165, 1.54) is 10.4 Å². The van der Waals surface area contributed by atoms with Crippen LogP contribution in [0, 0.1) is 6.92 Å². The van der Waals surface area contributed by atoms with Crippen molar-refractivity contribution in [1.29, 1.82) is 0 Å². The second-order valence-electron chi connectivity index (χ2n) is 8.11. The van der Waals surface area contributed by atoms with Gasteiger partial charge in [-0.3, -0.25) is 4.79 Å². The Balaban J connectivity index is 1.53. The van der Waals surface area contributed by atoms with E-state index in [-0.39, 0.29) is 17.3 Å². The molecule has 0 aliphatic rings. The van der Waals surface area contributed by atoms with Gasteiger partial charge in [0.05, 0.1) is 24.2 Å². The first kappa shape index (κ1) is 24.6. The fraction of sp³-hybridized carbons (Fsp3) is 0.269. The average Bonchev–Trinajstić information content (AvgIpc) is 3.21. The number of amides is 1. The van der Waals surface area contributed by atoms with Gasteiger partial charge >= 0.3 is 0 Å². The van der Waals surface area contributed by atoms with Gasteiger partial charge in [-0.15, -0.1) is 0 Å². The molecular formula is C26H29N3O5S. The van der Waals surface area contributed by atoms with Gasteiger partial charge in [-0.25, -0.2) is 8.42 Å². The molecule has 1 heterocycles. The summed E-state index contributed by atoms with van der Waals surface area (Å²) in [4.78, 5) is 12.9. The number of sulfonamides is 1. The van der Waals surface area contributed by atoms with Crippen LogP contribution < -0.4 is 15.4 Å². The summed E-state index contributed by atoms with van der Waals surface area (Å²) in [5.74, 6) is 0.262. The van der Waals surface area contributed by atoms with Gasteiger partial charge in [0.1, 0.15) is 16.9 Å². The van der Waals surface area contributed by atoms with Crippen molar-refractivity contribution in [1.82, 2.24) is 4.31 Å². The number of aryl methyl sites for hydroxylation is 1. The second kappa shape index (κ2) is 9.97. The van der Waals surface area contributed by atoms with E-state index in [4.69, 9.17) is 9.15 Å². The summed E-state index contributed by atoms with van der Waals surface area (Å²) in [6.07, 6.45) is 0. The van der Waals surface area contributed by atoms with Gasteiger partial charge in [-0.05, 0) is 36.8 Å². The first-order valence-corrected chi connectivity index (χ1v) is 12.9. The molecule has 8 nitrogen and oxygen atoms in total. The summed E-state index contributed by atoms with van der Waals surface area (Å²) >= 11 is 0. The topological polar surface area (TPSA) is 101 Å². The van der Waals surface area contributed by atoms with E-state index in [9.17, 15) is 13.2 Å². The number of furan rings is 1. The molecule has 0 aliphatic carbocycles. The Morgan fingerprint density at radius 1 is 0.971 bits per heavy atom. The first-order chi connectivity index (χ1) is 16.8. The lowest BCUT2D eigenvalue weighted by atomic mass is 10.1. The first-order valence-electron chi connectivity index (χ1n) is 11.4. The third-order valence-corrected chi connectivity index (χ3v) is 8.01. The molecule has 3 aromatic carbocycles. The maximum absolute atomic E-state index is 12.9. The zero-order valence-corrected chi connectivity index (χ0v) is 21.0. The van der Waals surface area contributed by atoms with Gasteiger partial charge in [0.15, 0.2) is 0 Å². The SMILES string of the molecule is CCN(CC)S(=O)(=O)c1ccc(C)c(NC(=O)CNc2cc3oc4ccccc4c3cc2OC)c1. The van der Waals surface area contributed by atoms with Crippen LogP contribution in [0.2, 0.25) is 0 Å². The smallest absolute Gasteiger partial charge is 0.243 e. The van der Waals surface area contributed by atoms with Crippen molar-refractivity contribution in [2.75, 3.05) is 37.4 Å². The molecule has 0 saturated carbocycles. The molecule has 4 aromatic rings. The molecule has 35 heavy (non-hydrogen) atoms. The van der Waals surface area contributed by atoms with Crippen molar-refractivity contribution < 1.29 is 22.4 Å². The van der Waals surface area contributed by atoms with E-state index in [1.807, 2.05) is 43.3 Å². The molecular weight excluding hydrogens is 466 g/mol. The van der Waals surface area contributed by atoms with Crippen LogP contribution in [0.5, 0.6) is 5.75 Å². The van der Waals surface area contributed by atoms with Gasteiger partial charge in [0, 0.05) is 35.6 Å². The lowest BCUT2D eigenvalue weighted by Gasteiger charge is -2.19. The Labute approximate surface area is 204 Å². The Bertz CT molecular complexity index is 1490. The van der Waals surface area contributed by atoms with Crippen LogP contribution in [0.15, 0.2) is 63.9 Å². The third kappa shape index (κ3) is 4.82. The Morgan fingerprint density at radius 3 is 2.43 bits per heavy atom. The fourth-order valence-electron chi connectivity index (χ4n) is 4.04. The standard InChI is InChI=1S/C26H29N3O5S/c1-5-29(6-2)35(31,32)18-12-11-17(3)21(13-18)28-26(30)16-27-22-15-24-20(14-25(22)33-4)19-9-7-8-10-23(19)34-24/h7-15,27H,5-6,16H2,1-4H3,(H,28,30). The number of nitrogens with one attached hydrogen (secondary N) is 2. The number of rotatable bonds is 9.